The predicted molar refractivity (Wildman–Crippen MR) is 118 cm³/mol. The Kier molecular flexibility index (Phi) is 6.28. The zero-order valence-corrected chi connectivity index (χ0v) is 18.0. The Morgan fingerprint density at radius 3 is 2.63 bits per heavy atom. The number of hydrogen-bond acceptors (Lipinski definition) is 4. The van der Waals surface area contributed by atoms with Gasteiger partial charge in [0.05, 0.1) is 12.5 Å². The number of nitrogens with zero attached hydrogens (tertiary/aromatic N) is 2. The number of fused-ring (bicyclic) bond motifs is 1. The number of likely N-dealkylation sites (tertiary alicyclic amines) is 1. The van der Waals surface area contributed by atoms with E-state index < -0.39 is 0 Å². The average Bonchev–Trinajstić information content (AvgIpc) is 3.21. The van der Waals surface area contributed by atoms with Crippen LogP contribution in [0.15, 0.2) is 42.5 Å². The summed E-state index contributed by atoms with van der Waals surface area (Å²) in [5.41, 5.74) is 4.02. The van der Waals surface area contributed by atoms with Crippen LogP contribution < -0.4 is 4.74 Å². The standard InChI is InChI=1S/C25H32N2O3/c1-26(2)25(29)22-12-19(15-27(16-22)14-18-6-9-23(28)10-7-18)17-30-24-11-8-20-4-3-5-21(20)13-24/h6-11,13,19,22,28H,3-5,12,14-17H2,1-2H3/t19-,22+/m0/s1. The molecule has 30 heavy (non-hydrogen) atoms. The molecule has 1 aliphatic carbocycles. The third-order valence-corrected chi connectivity index (χ3v) is 6.30. The van der Waals surface area contributed by atoms with Crippen molar-refractivity contribution in [2.24, 2.45) is 11.8 Å². The zero-order chi connectivity index (χ0) is 21.1. The molecule has 1 fully saturated rings. The first-order valence-corrected chi connectivity index (χ1v) is 10.9. The lowest BCUT2D eigenvalue weighted by Gasteiger charge is -2.38. The highest BCUT2D eigenvalue weighted by Gasteiger charge is 2.32. The Labute approximate surface area is 179 Å². The van der Waals surface area contributed by atoms with Crippen LogP contribution in [0.4, 0.5) is 0 Å². The van der Waals surface area contributed by atoms with Gasteiger partial charge in [-0.15, -0.1) is 0 Å². The van der Waals surface area contributed by atoms with Crippen LogP contribution in [0.1, 0.15) is 29.5 Å². The minimum absolute atomic E-state index is 0.0144. The number of hydrogen-bond donors (Lipinski definition) is 1. The maximum atomic E-state index is 12.7. The minimum Gasteiger partial charge on any atom is -0.508 e. The van der Waals surface area contributed by atoms with Crippen molar-refractivity contribution >= 4 is 5.91 Å². The number of benzene rings is 2. The molecule has 5 heteroatoms. The van der Waals surface area contributed by atoms with Crippen molar-refractivity contribution in [3.05, 3.63) is 59.2 Å². The number of phenols is 1. The molecule has 0 spiro atoms. The maximum Gasteiger partial charge on any atom is 0.226 e. The normalized spacial score (nSPS) is 21.3. The van der Waals surface area contributed by atoms with Crippen LogP contribution in [0.5, 0.6) is 11.5 Å². The number of ether oxygens (including phenoxy) is 1. The maximum absolute atomic E-state index is 12.7. The monoisotopic (exact) mass is 408 g/mol. The van der Waals surface area contributed by atoms with Gasteiger partial charge in [0.1, 0.15) is 11.5 Å². The highest BCUT2D eigenvalue weighted by molar-refractivity contribution is 5.78. The molecule has 1 heterocycles. The van der Waals surface area contributed by atoms with Gasteiger partial charge in [-0.25, -0.2) is 0 Å². The number of carbonyl (C=O) groups is 1. The molecule has 1 N–H and O–H groups in total. The van der Waals surface area contributed by atoms with Crippen LogP contribution in [-0.2, 0) is 24.2 Å². The first-order valence-electron chi connectivity index (χ1n) is 10.9. The summed E-state index contributed by atoms with van der Waals surface area (Å²) in [4.78, 5) is 16.8. The summed E-state index contributed by atoms with van der Waals surface area (Å²) in [6, 6.07) is 13.8. The van der Waals surface area contributed by atoms with E-state index in [9.17, 15) is 9.90 Å². The first kappa shape index (κ1) is 20.7. The second-order valence-electron chi connectivity index (χ2n) is 8.99. The van der Waals surface area contributed by atoms with E-state index in [1.807, 2.05) is 26.2 Å². The van der Waals surface area contributed by atoms with E-state index in [1.165, 1.54) is 24.0 Å². The molecule has 1 aliphatic heterocycles. The molecule has 0 unspecified atom stereocenters. The fraction of sp³-hybridized carbons (Fsp3) is 0.480. The molecule has 2 aliphatic rings. The van der Waals surface area contributed by atoms with Crippen LogP contribution in [-0.4, -0.2) is 54.6 Å². The quantitative estimate of drug-likeness (QED) is 0.795. The van der Waals surface area contributed by atoms with Crippen molar-refractivity contribution in [2.45, 2.75) is 32.2 Å². The molecule has 0 bridgehead atoms. The van der Waals surface area contributed by atoms with Gasteiger partial charge in [0, 0.05) is 39.6 Å². The molecule has 0 radical (unpaired) electrons. The van der Waals surface area contributed by atoms with Gasteiger partial charge in [-0.05, 0) is 66.6 Å². The fourth-order valence-corrected chi connectivity index (χ4v) is 4.81. The average molecular weight is 409 g/mol. The molecule has 160 valence electrons. The molecule has 4 rings (SSSR count). The predicted octanol–water partition coefficient (Wildman–Crippen LogP) is 3.49. The second kappa shape index (κ2) is 9.09. The number of piperidine rings is 1. The van der Waals surface area contributed by atoms with Gasteiger partial charge in [-0.1, -0.05) is 18.2 Å². The van der Waals surface area contributed by atoms with Crippen LogP contribution in [0, 0.1) is 11.8 Å². The van der Waals surface area contributed by atoms with Crippen molar-refractivity contribution in [3.8, 4) is 11.5 Å². The van der Waals surface area contributed by atoms with E-state index in [4.69, 9.17) is 4.74 Å². The summed E-state index contributed by atoms with van der Waals surface area (Å²) in [7, 11) is 3.66. The molecule has 2 aromatic carbocycles. The third kappa shape index (κ3) is 4.96. The Bertz CT molecular complexity index is 878. The van der Waals surface area contributed by atoms with Crippen molar-refractivity contribution in [2.75, 3.05) is 33.8 Å². The van der Waals surface area contributed by atoms with E-state index >= 15 is 0 Å². The second-order valence-corrected chi connectivity index (χ2v) is 8.99. The smallest absolute Gasteiger partial charge is 0.226 e. The van der Waals surface area contributed by atoms with Gasteiger partial charge in [-0.2, -0.15) is 0 Å². The van der Waals surface area contributed by atoms with Crippen molar-refractivity contribution in [1.82, 2.24) is 9.80 Å². The molecule has 0 saturated carbocycles. The molecule has 1 amide bonds. The Hall–Kier alpha value is -2.53. The topological polar surface area (TPSA) is 53.0 Å². The molecule has 2 aromatic rings. The van der Waals surface area contributed by atoms with Crippen LogP contribution in [0.25, 0.3) is 0 Å². The SMILES string of the molecule is CN(C)C(=O)[C@@H]1C[C@H](COc2ccc3c(c2)CCC3)CN(Cc2ccc(O)cc2)C1. The van der Waals surface area contributed by atoms with E-state index in [-0.39, 0.29) is 17.6 Å². The third-order valence-electron chi connectivity index (χ3n) is 6.30. The Balaban J connectivity index is 1.42. The van der Waals surface area contributed by atoms with E-state index in [0.29, 0.717) is 12.5 Å². The highest BCUT2D eigenvalue weighted by Crippen LogP contribution is 2.29. The molecule has 1 saturated heterocycles. The lowest BCUT2D eigenvalue weighted by molar-refractivity contribution is -0.135. The Morgan fingerprint density at radius 1 is 1.10 bits per heavy atom. The lowest BCUT2D eigenvalue weighted by atomic mass is 9.88. The first-order chi connectivity index (χ1) is 14.5. The molecular weight excluding hydrogens is 376 g/mol. The van der Waals surface area contributed by atoms with Crippen LogP contribution in [0.2, 0.25) is 0 Å². The van der Waals surface area contributed by atoms with Gasteiger partial charge in [0.25, 0.3) is 0 Å². The molecule has 5 nitrogen and oxygen atoms in total. The number of carbonyl (C=O) groups excluding carboxylic acids is 1. The summed E-state index contributed by atoms with van der Waals surface area (Å²) in [5, 5.41) is 9.54. The summed E-state index contributed by atoms with van der Waals surface area (Å²) < 4.78 is 6.19. The molecule has 0 aromatic heterocycles. The highest BCUT2D eigenvalue weighted by atomic mass is 16.5. The zero-order valence-electron chi connectivity index (χ0n) is 18.0. The van der Waals surface area contributed by atoms with E-state index in [1.54, 1.807) is 17.0 Å². The molecule has 2 atom stereocenters. The number of phenolic OH excluding ortho intramolecular Hbond substituents is 1. The van der Waals surface area contributed by atoms with Gasteiger partial charge in [-0.3, -0.25) is 9.69 Å². The van der Waals surface area contributed by atoms with E-state index in [0.717, 1.165) is 43.8 Å². The van der Waals surface area contributed by atoms with Gasteiger partial charge < -0.3 is 14.7 Å². The number of aromatic hydroxyl groups is 1. The summed E-state index contributed by atoms with van der Waals surface area (Å²) >= 11 is 0. The number of rotatable bonds is 6. The summed E-state index contributed by atoms with van der Waals surface area (Å²) in [6.07, 6.45) is 4.42. The minimum atomic E-state index is -0.0144. The molecular formula is C25H32N2O3. The lowest BCUT2D eigenvalue weighted by Crippen LogP contribution is -2.47. The largest absolute Gasteiger partial charge is 0.508 e. The van der Waals surface area contributed by atoms with Gasteiger partial charge >= 0.3 is 0 Å². The van der Waals surface area contributed by atoms with Crippen molar-refractivity contribution in [3.63, 3.8) is 0 Å². The van der Waals surface area contributed by atoms with E-state index in [2.05, 4.69) is 23.1 Å². The van der Waals surface area contributed by atoms with Crippen LogP contribution in [0.3, 0.4) is 0 Å². The van der Waals surface area contributed by atoms with Gasteiger partial charge in [0.15, 0.2) is 0 Å². The summed E-state index contributed by atoms with van der Waals surface area (Å²) in [5.74, 6) is 1.70. The van der Waals surface area contributed by atoms with Crippen molar-refractivity contribution in [1.29, 1.82) is 0 Å². The van der Waals surface area contributed by atoms with Crippen molar-refractivity contribution < 1.29 is 14.6 Å². The Morgan fingerprint density at radius 2 is 1.87 bits per heavy atom. The fourth-order valence-electron chi connectivity index (χ4n) is 4.81. The number of aryl methyl sites for hydroxylation is 2. The van der Waals surface area contributed by atoms with Gasteiger partial charge in [0.2, 0.25) is 5.91 Å². The summed E-state index contributed by atoms with van der Waals surface area (Å²) in [6.45, 7) is 3.06. The number of amides is 1. The van der Waals surface area contributed by atoms with Crippen LogP contribution >= 0.6 is 0 Å².